The van der Waals surface area contributed by atoms with Crippen LogP contribution in [0.5, 0.6) is 0 Å². The van der Waals surface area contributed by atoms with Gasteiger partial charge in [0.1, 0.15) is 40.2 Å². The second-order valence-electron chi connectivity index (χ2n) is 28.9. The van der Waals surface area contributed by atoms with Crippen LogP contribution < -0.4 is 5.32 Å². The number of rotatable bonds is 20. The lowest BCUT2D eigenvalue weighted by molar-refractivity contribution is -0.121. The van der Waals surface area contributed by atoms with Gasteiger partial charge in [-0.2, -0.15) is 0 Å². The Kier molecular flexibility index (Phi) is 24.1. The molecule has 6 aromatic heterocycles. The van der Waals surface area contributed by atoms with Gasteiger partial charge in [-0.25, -0.2) is 42.5 Å². The zero-order valence-electron chi connectivity index (χ0n) is 58.8. The van der Waals surface area contributed by atoms with Crippen molar-refractivity contribution in [3.05, 3.63) is 88.0 Å². The van der Waals surface area contributed by atoms with Gasteiger partial charge in [0.25, 0.3) is 0 Å². The number of nitrogens with one attached hydrogen (secondary N) is 1. The number of esters is 3. The molecule has 6 aromatic rings. The maximum Gasteiger partial charge on any atom is 0.340 e. The lowest BCUT2D eigenvalue weighted by Crippen LogP contribution is -2.57. The molecular formula is C75H103ClF3N9O10. The van der Waals surface area contributed by atoms with E-state index in [0.717, 1.165) is 94.9 Å². The molecule has 0 amide bonds. The van der Waals surface area contributed by atoms with E-state index in [1.165, 1.54) is 101 Å². The van der Waals surface area contributed by atoms with Crippen molar-refractivity contribution >= 4 is 69.2 Å². The highest BCUT2D eigenvalue weighted by Gasteiger charge is 2.42. The summed E-state index contributed by atoms with van der Waals surface area (Å²) in [5.41, 5.74) is 5.55. The molecule has 23 heteroatoms. The minimum atomic E-state index is -0.480. The Morgan fingerprint density at radius 2 is 0.755 bits per heavy atom. The molecule has 9 fully saturated rings. The van der Waals surface area contributed by atoms with E-state index < -0.39 is 35.4 Å². The van der Waals surface area contributed by atoms with Gasteiger partial charge in [0.05, 0.1) is 91.7 Å². The van der Waals surface area contributed by atoms with Gasteiger partial charge < -0.3 is 47.4 Å². The normalized spacial score (nSPS) is 23.5. The molecule has 0 bridgehead atoms. The third kappa shape index (κ3) is 16.6. The van der Waals surface area contributed by atoms with Gasteiger partial charge in [0.2, 0.25) is 0 Å². The van der Waals surface area contributed by atoms with Crippen molar-refractivity contribution in [3.63, 3.8) is 0 Å². The largest absolute Gasteiger partial charge is 0.462 e. The zero-order chi connectivity index (χ0) is 68.3. The molecule has 98 heavy (non-hydrogen) atoms. The predicted octanol–water partition coefficient (Wildman–Crippen LogP) is 13.8. The Morgan fingerprint density at radius 1 is 0.459 bits per heavy atom. The van der Waals surface area contributed by atoms with Crippen molar-refractivity contribution in [2.75, 3.05) is 59.1 Å². The standard InChI is InChI=1S/2C25H34FN3O3.C19H23FN2O3.C6H11NO.ClH/c2*1-4-31-25(30)23-16(3)29(24-22(23)11-18(26)12-27-24)15(2)17-5-7-19(8-6-17)28-13-21(14-28)32-20-9-10-20;1-4-25-19(24)17-12(3)22(18-16(17)9-14(20)10-21-18)11(2)13-5-7-15(23)8-6-13;1-2-5(1)8-6-3-7-4-6;/h2*11-12,15,17,19-21H,4-10,13-14H2,1-3H3;9-11,13H,4-8H2,1-3H3;5-7H,1-4H2;1H/t2*15-,17?,19?;11-;;/m111../s1. The SMILES string of the molecule is C1CC1OC1CNC1.CCOC(=O)c1c(C)n([C@H](C)C2CCC(=O)CC2)c2ncc(F)cc12.CCOC(=O)c1c(C)n([C@H](C)C2CCC(N3CC(OC4CC4)C3)CC2)c2ncc(F)cc12.CCOC(=O)c1c(C)n([C@H](C)C2CCC(N3CC(OC4CC4)C3)CC2)c2ncc(F)cc12.Cl. The molecule has 3 aliphatic heterocycles. The third-order valence-corrected chi connectivity index (χ3v) is 22.2. The Balaban J connectivity index is 0.000000140. The van der Waals surface area contributed by atoms with Crippen molar-refractivity contribution < 1.29 is 60.8 Å². The van der Waals surface area contributed by atoms with Gasteiger partial charge in [-0.1, -0.05) is 0 Å². The van der Waals surface area contributed by atoms with Crippen LogP contribution in [-0.2, 0) is 33.2 Å². The molecule has 3 saturated heterocycles. The fourth-order valence-electron chi connectivity index (χ4n) is 16.2. The Morgan fingerprint density at radius 3 is 1.03 bits per heavy atom. The second kappa shape index (κ2) is 32.3. The average molecular weight is 1380 g/mol. The molecule has 6 aliphatic carbocycles. The zero-order valence-corrected chi connectivity index (χ0v) is 59.7. The highest BCUT2D eigenvalue weighted by atomic mass is 35.5. The van der Waals surface area contributed by atoms with Gasteiger partial charge in [-0.15, -0.1) is 12.4 Å². The number of likely N-dealkylation sites (tertiary alicyclic amines) is 2. The lowest BCUT2D eigenvalue weighted by atomic mass is 9.80. The number of aromatic nitrogens is 6. The molecule has 0 aromatic carbocycles. The number of ketones is 1. The van der Waals surface area contributed by atoms with E-state index in [4.69, 9.17) is 28.4 Å². The van der Waals surface area contributed by atoms with Crippen molar-refractivity contribution in [2.24, 2.45) is 17.8 Å². The average Bonchev–Trinajstić information content (AvgIpc) is 1.59. The predicted molar refractivity (Wildman–Crippen MR) is 371 cm³/mol. The smallest absolute Gasteiger partial charge is 0.340 e. The van der Waals surface area contributed by atoms with Crippen molar-refractivity contribution in [3.8, 4) is 0 Å². The number of pyridine rings is 3. The van der Waals surface area contributed by atoms with Crippen molar-refractivity contribution in [2.45, 2.75) is 245 Å². The molecule has 0 unspecified atom stereocenters. The maximum atomic E-state index is 14.0. The maximum absolute atomic E-state index is 14.0. The number of nitrogens with zero attached hydrogens (tertiary/aromatic N) is 8. The summed E-state index contributed by atoms with van der Waals surface area (Å²) < 4.78 is 81.3. The van der Waals surface area contributed by atoms with E-state index in [-0.39, 0.29) is 50.4 Å². The number of hydrogen-bond donors (Lipinski definition) is 1. The van der Waals surface area contributed by atoms with E-state index in [9.17, 15) is 32.3 Å². The van der Waals surface area contributed by atoms with Gasteiger partial charge in [0, 0.05) is 116 Å². The highest BCUT2D eigenvalue weighted by Crippen LogP contribution is 2.44. The van der Waals surface area contributed by atoms with Gasteiger partial charge in [-0.05, 0) is 201 Å². The Bertz CT molecular complexity index is 3590. The molecule has 15 rings (SSSR count). The van der Waals surface area contributed by atoms with Crippen molar-refractivity contribution in [1.29, 1.82) is 0 Å². The Hall–Kier alpha value is -6.01. The molecule has 9 aliphatic rings. The van der Waals surface area contributed by atoms with Crippen LogP contribution in [0, 0.1) is 56.0 Å². The number of halogens is 4. The molecule has 3 atom stereocenters. The quantitative estimate of drug-likeness (QED) is 0.0559. The summed E-state index contributed by atoms with van der Waals surface area (Å²) in [7, 11) is 0. The van der Waals surface area contributed by atoms with E-state index >= 15 is 0 Å². The van der Waals surface area contributed by atoms with E-state index in [2.05, 4.69) is 60.0 Å². The van der Waals surface area contributed by atoms with Crippen LogP contribution in [0.3, 0.4) is 0 Å². The van der Waals surface area contributed by atoms with Gasteiger partial charge in [0.15, 0.2) is 0 Å². The number of ether oxygens (including phenoxy) is 6. The second-order valence-corrected chi connectivity index (χ2v) is 28.9. The first kappa shape index (κ1) is 73.2. The first-order chi connectivity index (χ1) is 46.8. The van der Waals surface area contributed by atoms with Crippen LogP contribution in [-0.4, -0.2) is 170 Å². The van der Waals surface area contributed by atoms with Crippen molar-refractivity contribution in [1.82, 2.24) is 43.8 Å². The molecular weight excluding hydrogens is 1280 g/mol. The lowest BCUT2D eigenvalue weighted by Gasteiger charge is -2.47. The first-order valence-electron chi connectivity index (χ1n) is 36.5. The Labute approximate surface area is 580 Å². The highest BCUT2D eigenvalue weighted by molar-refractivity contribution is 6.06. The fourth-order valence-corrected chi connectivity index (χ4v) is 16.2. The molecule has 0 radical (unpaired) electrons. The van der Waals surface area contributed by atoms with Crippen LogP contribution in [0.25, 0.3) is 33.1 Å². The number of fused-ring (bicyclic) bond motifs is 3. The van der Waals surface area contributed by atoms with Crippen LogP contribution in [0.15, 0.2) is 36.8 Å². The summed E-state index contributed by atoms with van der Waals surface area (Å²) in [6, 6.07) is 5.90. The van der Waals surface area contributed by atoms with E-state index in [1.54, 1.807) is 20.8 Å². The minimum Gasteiger partial charge on any atom is -0.462 e. The molecule has 9 heterocycles. The minimum absolute atomic E-state index is 0. The van der Waals surface area contributed by atoms with E-state index in [0.29, 0.717) is 135 Å². The number of carbonyl (C=O) groups is 4. The van der Waals surface area contributed by atoms with Crippen LogP contribution in [0.2, 0.25) is 0 Å². The summed E-state index contributed by atoms with van der Waals surface area (Å²) >= 11 is 0. The van der Waals surface area contributed by atoms with Crippen LogP contribution in [0.4, 0.5) is 13.2 Å². The third-order valence-electron chi connectivity index (χ3n) is 22.2. The number of carbonyl (C=O) groups excluding carboxylic acids is 4. The fraction of sp³-hybridized carbons (Fsp3) is 0.667. The van der Waals surface area contributed by atoms with Crippen LogP contribution >= 0.6 is 12.4 Å². The number of Topliss-reactive ketones (excluding diaryl/α,β-unsaturated/α-hetero) is 1. The summed E-state index contributed by atoms with van der Waals surface area (Å²) in [6.07, 6.45) is 26.6. The summed E-state index contributed by atoms with van der Waals surface area (Å²) in [5, 5.41) is 4.74. The molecule has 6 saturated carbocycles. The summed E-state index contributed by atoms with van der Waals surface area (Å²) in [5.74, 6) is -0.981. The van der Waals surface area contributed by atoms with E-state index in [1.807, 2.05) is 25.3 Å². The molecule has 0 spiro atoms. The molecule has 1 N–H and O–H groups in total. The van der Waals surface area contributed by atoms with Gasteiger partial charge >= 0.3 is 17.9 Å². The molecule has 536 valence electrons. The summed E-state index contributed by atoms with van der Waals surface area (Å²) in [4.78, 5) is 67.4. The molecule has 19 nitrogen and oxygen atoms in total. The topological polar surface area (TPSA) is 196 Å². The monoisotopic (exact) mass is 1380 g/mol. The number of hydrogen-bond acceptors (Lipinski definition) is 16. The first-order valence-corrected chi connectivity index (χ1v) is 36.5. The van der Waals surface area contributed by atoms with Crippen LogP contribution in [0.1, 0.15) is 223 Å². The van der Waals surface area contributed by atoms with Gasteiger partial charge in [-0.3, -0.25) is 14.6 Å². The summed E-state index contributed by atoms with van der Waals surface area (Å²) in [6.45, 7) is 24.8.